The Morgan fingerprint density at radius 3 is 2.22 bits per heavy atom. The third-order valence-electron chi connectivity index (χ3n) is 4.66. The summed E-state index contributed by atoms with van der Waals surface area (Å²) < 4.78 is 27.7. The highest BCUT2D eigenvalue weighted by Gasteiger charge is 2.18. The quantitative estimate of drug-likeness (QED) is 0.872. The molecule has 1 aliphatic rings. The maximum Gasteiger partial charge on any atom is 0.261 e. The molecule has 0 aliphatic heterocycles. The van der Waals surface area contributed by atoms with Crippen molar-refractivity contribution in [2.24, 2.45) is 0 Å². The fourth-order valence-electron chi connectivity index (χ4n) is 3.25. The van der Waals surface area contributed by atoms with Gasteiger partial charge < -0.3 is 0 Å². The van der Waals surface area contributed by atoms with Crippen molar-refractivity contribution in [1.29, 1.82) is 0 Å². The first-order valence-corrected chi connectivity index (χ1v) is 9.73. The maximum absolute atomic E-state index is 12.5. The van der Waals surface area contributed by atoms with Crippen molar-refractivity contribution in [3.8, 4) is 0 Å². The Morgan fingerprint density at radius 2 is 1.57 bits per heavy atom. The van der Waals surface area contributed by atoms with Crippen molar-refractivity contribution in [2.75, 3.05) is 4.72 Å². The molecule has 0 aromatic heterocycles. The number of benzene rings is 2. The molecule has 2 aromatic carbocycles. The number of nitrogens with one attached hydrogen (secondary N) is 1. The molecule has 0 heterocycles. The molecule has 1 N–H and O–H groups in total. The topological polar surface area (TPSA) is 46.2 Å². The van der Waals surface area contributed by atoms with E-state index in [0.717, 1.165) is 5.56 Å². The predicted octanol–water partition coefficient (Wildman–Crippen LogP) is 4.84. The second-order valence-corrected chi connectivity index (χ2v) is 8.01. The molecule has 3 rings (SSSR count). The van der Waals surface area contributed by atoms with Crippen molar-refractivity contribution in [3.05, 3.63) is 59.7 Å². The summed E-state index contributed by atoms with van der Waals surface area (Å²) in [6.07, 6.45) is 6.31. The number of sulfonamides is 1. The van der Waals surface area contributed by atoms with Crippen molar-refractivity contribution in [1.82, 2.24) is 0 Å². The summed E-state index contributed by atoms with van der Waals surface area (Å²) in [5, 5.41) is 0. The first-order valence-electron chi connectivity index (χ1n) is 8.25. The zero-order valence-electron chi connectivity index (χ0n) is 13.5. The molecule has 0 unspecified atom stereocenters. The van der Waals surface area contributed by atoms with Gasteiger partial charge in [0.1, 0.15) is 0 Å². The monoisotopic (exact) mass is 329 g/mol. The molecule has 0 radical (unpaired) electrons. The van der Waals surface area contributed by atoms with Crippen LogP contribution in [0.1, 0.15) is 49.1 Å². The minimum absolute atomic E-state index is 0.320. The average Bonchev–Trinajstić information content (AvgIpc) is 2.58. The lowest BCUT2D eigenvalue weighted by molar-refractivity contribution is 0.443. The second-order valence-electron chi connectivity index (χ2n) is 6.32. The Morgan fingerprint density at radius 1 is 0.913 bits per heavy atom. The van der Waals surface area contributed by atoms with Crippen LogP contribution in [0.15, 0.2) is 53.4 Å². The smallest absolute Gasteiger partial charge is 0.261 e. The van der Waals surface area contributed by atoms with Gasteiger partial charge in [0.05, 0.1) is 10.6 Å². The molecule has 3 nitrogen and oxygen atoms in total. The van der Waals surface area contributed by atoms with Gasteiger partial charge in [-0.25, -0.2) is 8.42 Å². The Labute approximate surface area is 138 Å². The molecule has 0 saturated heterocycles. The third-order valence-corrected chi connectivity index (χ3v) is 6.04. The lowest BCUT2D eigenvalue weighted by Crippen LogP contribution is -2.14. The van der Waals surface area contributed by atoms with Crippen LogP contribution in [-0.4, -0.2) is 8.42 Å². The zero-order chi connectivity index (χ0) is 16.3. The normalized spacial score (nSPS) is 16.2. The van der Waals surface area contributed by atoms with Gasteiger partial charge in [0.25, 0.3) is 10.0 Å². The largest absolute Gasteiger partial charge is 0.279 e. The molecule has 0 amide bonds. The highest BCUT2D eigenvalue weighted by Crippen LogP contribution is 2.33. The fourth-order valence-corrected chi connectivity index (χ4v) is 4.38. The van der Waals surface area contributed by atoms with Gasteiger partial charge in [0, 0.05) is 0 Å². The zero-order valence-corrected chi connectivity index (χ0v) is 14.3. The molecule has 1 fully saturated rings. The van der Waals surface area contributed by atoms with Crippen molar-refractivity contribution >= 4 is 15.7 Å². The van der Waals surface area contributed by atoms with Gasteiger partial charge in [-0.15, -0.1) is 0 Å². The minimum atomic E-state index is -3.53. The van der Waals surface area contributed by atoms with Crippen LogP contribution in [0.25, 0.3) is 0 Å². The van der Waals surface area contributed by atoms with E-state index in [1.807, 2.05) is 37.3 Å². The van der Waals surface area contributed by atoms with Crippen LogP contribution < -0.4 is 4.72 Å². The average molecular weight is 329 g/mol. The summed E-state index contributed by atoms with van der Waals surface area (Å²) in [7, 11) is -3.53. The number of hydrogen-bond acceptors (Lipinski definition) is 2. The van der Waals surface area contributed by atoms with E-state index in [0.29, 0.717) is 16.5 Å². The Hall–Kier alpha value is -1.81. The van der Waals surface area contributed by atoms with Gasteiger partial charge in [-0.05, 0) is 55.0 Å². The van der Waals surface area contributed by atoms with Gasteiger partial charge >= 0.3 is 0 Å². The van der Waals surface area contributed by atoms with Crippen LogP contribution in [0.3, 0.4) is 0 Å². The van der Waals surface area contributed by atoms with Crippen LogP contribution in [0, 0.1) is 6.92 Å². The Bertz CT molecular complexity index is 760. The summed E-state index contributed by atoms with van der Waals surface area (Å²) in [4.78, 5) is 0.320. The molecule has 1 saturated carbocycles. The molecular weight excluding hydrogens is 306 g/mol. The van der Waals surface area contributed by atoms with Crippen LogP contribution in [-0.2, 0) is 10.0 Å². The van der Waals surface area contributed by atoms with Gasteiger partial charge in [-0.3, -0.25) is 4.72 Å². The molecule has 0 atom stereocenters. The highest BCUT2D eigenvalue weighted by atomic mass is 32.2. The second kappa shape index (κ2) is 6.75. The predicted molar refractivity (Wildman–Crippen MR) is 94.3 cm³/mol. The van der Waals surface area contributed by atoms with E-state index >= 15 is 0 Å². The fraction of sp³-hybridized carbons (Fsp3) is 0.368. The first kappa shape index (κ1) is 16.1. The van der Waals surface area contributed by atoms with E-state index in [2.05, 4.69) is 4.72 Å². The first-order chi connectivity index (χ1) is 11.1. The number of aryl methyl sites for hydroxylation is 1. The molecule has 1 aliphatic carbocycles. The van der Waals surface area contributed by atoms with E-state index in [-0.39, 0.29) is 0 Å². The molecule has 2 aromatic rings. The van der Waals surface area contributed by atoms with Gasteiger partial charge in [-0.1, -0.05) is 49.6 Å². The van der Waals surface area contributed by atoms with Crippen molar-refractivity contribution in [3.63, 3.8) is 0 Å². The maximum atomic E-state index is 12.5. The molecule has 0 spiro atoms. The number of para-hydroxylation sites is 1. The van der Waals surface area contributed by atoms with Crippen molar-refractivity contribution < 1.29 is 8.42 Å². The van der Waals surface area contributed by atoms with E-state index in [9.17, 15) is 8.42 Å². The molecule has 23 heavy (non-hydrogen) atoms. The van der Waals surface area contributed by atoms with Crippen LogP contribution >= 0.6 is 0 Å². The van der Waals surface area contributed by atoms with E-state index in [1.165, 1.54) is 37.7 Å². The number of hydrogen-bond donors (Lipinski definition) is 1. The van der Waals surface area contributed by atoms with Gasteiger partial charge in [0.2, 0.25) is 0 Å². The Balaban J connectivity index is 1.79. The third kappa shape index (κ3) is 3.75. The summed E-state index contributed by atoms with van der Waals surface area (Å²) in [6, 6.07) is 14.8. The van der Waals surface area contributed by atoms with Gasteiger partial charge in [-0.2, -0.15) is 0 Å². The van der Waals surface area contributed by atoms with E-state index < -0.39 is 10.0 Å². The minimum Gasteiger partial charge on any atom is -0.279 e. The summed E-state index contributed by atoms with van der Waals surface area (Å²) in [6.45, 7) is 1.89. The number of anilines is 1. The Kier molecular flexibility index (Phi) is 4.71. The molecule has 0 bridgehead atoms. The summed E-state index contributed by atoms with van der Waals surface area (Å²) >= 11 is 0. The molecule has 122 valence electrons. The van der Waals surface area contributed by atoms with Crippen LogP contribution in [0.2, 0.25) is 0 Å². The summed E-state index contributed by atoms with van der Waals surface area (Å²) in [5.41, 5.74) is 2.80. The molecule has 4 heteroatoms. The molecular formula is C19H23NO2S. The lowest BCUT2D eigenvalue weighted by atomic mass is 9.84. The van der Waals surface area contributed by atoms with Crippen molar-refractivity contribution in [2.45, 2.75) is 49.8 Å². The van der Waals surface area contributed by atoms with Gasteiger partial charge in [0.15, 0.2) is 0 Å². The number of rotatable bonds is 4. The van der Waals surface area contributed by atoms with E-state index in [4.69, 9.17) is 0 Å². The summed E-state index contributed by atoms with van der Waals surface area (Å²) in [5.74, 6) is 0.588. The highest BCUT2D eigenvalue weighted by molar-refractivity contribution is 7.92. The van der Waals surface area contributed by atoms with E-state index in [1.54, 1.807) is 18.2 Å². The standard InChI is InChI=1S/C19H23NO2S/c1-15-7-5-6-10-19(15)20-23(21,22)18-13-11-17(12-14-18)16-8-3-2-4-9-16/h5-7,10-14,16,20H,2-4,8-9H2,1H3. The van der Waals surface area contributed by atoms with Crippen LogP contribution in [0.4, 0.5) is 5.69 Å². The van der Waals surface area contributed by atoms with Crippen LogP contribution in [0.5, 0.6) is 0 Å². The SMILES string of the molecule is Cc1ccccc1NS(=O)(=O)c1ccc(C2CCCCC2)cc1. The lowest BCUT2D eigenvalue weighted by Gasteiger charge is -2.22.